The van der Waals surface area contributed by atoms with Crippen molar-refractivity contribution in [2.45, 2.75) is 6.92 Å². The van der Waals surface area contributed by atoms with Gasteiger partial charge in [0.25, 0.3) is 5.91 Å². The Balaban J connectivity index is 2.48. The van der Waals surface area contributed by atoms with Crippen LogP contribution in [0.25, 0.3) is 0 Å². The minimum Gasteiger partial charge on any atom is -0.353 e. The number of pyridine rings is 1. The first-order valence-corrected chi connectivity index (χ1v) is 10.1. The number of hydrogen-bond acceptors (Lipinski definition) is 6. The number of carbonyl (C=O) groups excluding carboxylic acids is 1. The molecule has 1 heterocycles. The van der Waals surface area contributed by atoms with Crippen molar-refractivity contribution in [2.75, 3.05) is 22.9 Å². The molecule has 0 aliphatic carbocycles. The predicted octanol–water partition coefficient (Wildman–Crippen LogP) is 3.32. The van der Waals surface area contributed by atoms with Gasteiger partial charge in [0, 0.05) is 12.3 Å². The van der Waals surface area contributed by atoms with Crippen molar-refractivity contribution in [3.8, 4) is 0 Å². The first kappa shape index (κ1) is 21.2. The molecular formula is C15H15Cl2FN4O4S. The second kappa shape index (κ2) is 8.70. The molecule has 2 aromatic rings. The van der Waals surface area contributed by atoms with Crippen molar-refractivity contribution in [2.24, 2.45) is 0 Å². The monoisotopic (exact) mass is 436 g/mol. The topological polar surface area (TPSA) is 109 Å². The van der Waals surface area contributed by atoms with Gasteiger partial charge in [-0.15, -0.1) is 0 Å². The minimum absolute atomic E-state index is 0.00931. The number of nitrogens with zero attached hydrogens (tertiary/aromatic N) is 1. The average molecular weight is 437 g/mol. The molecule has 27 heavy (non-hydrogen) atoms. The lowest BCUT2D eigenvalue weighted by Crippen LogP contribution is -2.24. The van der Waals surface area contributed by atoms with Crippen molar-refractivity contribution in [3.05, 3.63) is 46.0 Å². The summed E-state index contributed by atoms with van der Waals surface area (Å²) in [5.41, 5.74) is 2.37. The third-order valence-electron chi connectivity index (χ3n) is 3.05. The van der Waals surface area contributed by atoms with Gasteiger partial charge in [0.2, 0.25) is 10.0 Å². The number of hydroxylamine groups is 1. The summed E-state index contributed by atoms with van der Waals surface area (Å²) in [6.45, 7) is 1.92. The molecule has 0 saturated heterocycles. The van der Waals surface area contributed by atoms with Crippen LogP contribution in [-0.4, -0.2) is 32.2 Å². The van der Waals surface area contributed by atoms with Gasteiger partial charge in [-0.3, -0.25) is 14.4 Å². The summed E-state index contributed by atoms with van der Waals surface area (Å²) in [6.07, 6.45) is 2.12. The van der Waals surface area contributed by atoms with Gasteiger partial charge in [-0.25, -0.2) is 23.3 Å². The standard InChI is InChI=1S/C15H15Cl2FN4O4S/c1-3-26-21-15(23)8-7-19-14(17)6-11(8)20-12-5-10(18)9(16)4-13(12)22-27(2,24)25/h4-7,22H,3H2,1-2H3,(H,19,20)(H,21,23). The Kier molecular flexibility index (Phi) is 6.82. The molecule has 0 radical (unpaired) electrons. The van der Waals surface area contributed by atoms with Crippen LogP contribution in [0.4, 0.5) is 21.5 Å². The van der Waals surface area contributed by atoms with Crippen LogP contribution < -0.4 is 15.5 Å². The van der Waals surface area contributed by atoms with Crippen molar-refractivity contribution in [3.63, 3.8) is 0 Å². The third kappa shape index (κ3) is 5.93. The summed E-state index contributed by atoms with van der Waals surface area (Å²) in [4.78, 5) is 20.9. The molecule has 1 amide bonds. The van der Waals surface area contributed by atoms with Gasteiger partial charge >= 0.3 is 0 Å². The summed E-state index contributed by atoms with van der Waals surface area (Å²) >= 11 is 11.6. The van der Waals surface area contributed by atoms with Gasteiger partial charge in [0.05, 0.1) is 40.5 Å². The van der Waals surface area contributed by atoms with Crippen LogP contribution in [0.15, 0.2) is 24.4 Å². The lowest BCUT2D eigenvalue weighted by atomic mass is 10.2. The molecule has 0 aliphatic heterocycles. The average Bonchev–Trinajstić information content (AvgIpc) is 2.56. The molecule has 0 bridgehead atoms. The van der Waals surface area contributed by atoms with Gasteiger partial charge in [-0.05, 0) is 19.1 Å². The first-order valence-electron chi connectivity index (χ1n) is 7.42. The second-order valence-corrected chi connectivity index (χ2v) is 7.77. The number of nitrogens with one attached hydrogen (secondary N) is 3. The molecule has 3 N–H and O–H groups in total. The smallest absolute Gasteiger partial charge is 0.278 e. The van der Waals surface area contributed by atoms with Gasteiger partial charge < -0.3 is 5.32 Å². The molecule has 0 unspecified atom stereocenters. The number of hydrogen-bond donors (Lipinski definition) is 3. The number of sulfonamides is 1. The van der Waals surface area contributed by atoms with Gasteiger partial charge in [-0.2, -0.15) is 0 Å². The van der Waals surface area contributed by atoms with E-state index >= 15 is 0 Å². The maximum Gasteiger partial charge on any atom is 0.278 e. The molecule has 1 aromatic carbocycles. The summed E-state index contributed by atoms with van der Waals surface area (Å²) < 4.78 is 39.3. The van der Waals surface area contributed by atoms with Crippen molar-refractivity contribution >= 4 is 56.2 Å². The van der Waals surface area contributed by atoms with E-state index in [1.807, 2.05) is 0 Å². The normalized spacial score (nSPS) is 11.1. The number of rotatable bonds is 7. The number of carbonyl (C=O) groups is 1. The van der Waals surface area contributed by atoms with E-state index in [0.29, 0.717) is 0 Å². The molecule has 146 valence electrons. The number of halogens is 3. The molecule has 2 rings (SSSR count). The fourth-order valence-corrected chi connectivity index (χ4v) is 2.88. The van der Waals surface area contributed by atoms with E-state index in [1.54, 1.807) is 6.92 Å². The second-order valence-electron chi connectivity index (χ2n) is 5.23. The van der Waals surface area contributed by atoms with Crippen LogP contribution in [-0.2, 0) is 14.9 Å². The zero-order valence-electron chi connectivity index (χ0n) is 14.1. The largest absolute Gasteiger partial charge is 0.353 e. The maximum absolute atomic E-state index is 13.9. The molecule has 0 fully saturated rings. The highest BCUT2D eigenvalue weighted by atomic mass is 35.5. The summed E-state index contributed by atoms with van der Waals surface area (Å²) in [5.74, 6) is -1.42. The van der Waals surface area contributed by atoms with E-state index in [-0.39, 0.29) is 39.4 Å². The number of amides is 1. The van der Waals surface area contributed by atoms with Crippen LogP contribution in [0.3, 0.4) is 0 Å². The van der Waals surface area contributed by atoms with E-state index in [1.165, 1.54) is 12.3 Å². The number of anilines is 3. The molecule has 8 nitrogen and oxygen atoms in total. The molecule has 0 aliphatic rings. The fourth-order valence-electron chi connectivity index (χ4n) is 1.99. The summed E-state index contributed by atoms with van der Waals surface area (Å²) in [6, 6.07) is 3.40. The highest BCUT2D eigenvalue weighted by molar-refractivity contribution is 7.92. The zero-order valence-corrected chi connectivity index (χ0v) is 16.5. The van der Waals surface area contributed by atoms with E-state index in [4.69, 9.17) is 28.0 Å². The van der Waals surface area contributed by atoms with Crippen LogP contribution in [0.1, 0.15) is 17.3 Å². The van der Waals surface area contributed by atoms with E-state index in [2.05, 4.69) is 20.5 Å². The lowest BCUT2D eigenvalue weighted by Gasteiger charge is -2.16. The molecular weight excluding hydrogens is 422 g/mol. The predicted molar refractivity (Wildman–Crippen MR) is 101 cm³/mol. The third-order valence-corrected chi connectivity index (χ3v) is 4.14. The fraction of sp³-hybridized carbons (Fsp3) is 0.200. The van der Waals surface area contributed by atoms with Crippen molar-refractivity contribution in [1.82, 2.24) is 10.5 Å². The van der Waals surface area contributed by atoms with Crippen LogP contribution in [0, 0.1) is 5.82 Å². The van der Waals surface area contributed by atoms with Crippen LogP contribution >= 0.6 is 23.2 Å². The minimum atomic E-state index is -3.68. The van der Waals surface area contributed by atoms with E-state index in [9.17, 15) is 17.6 Å². The van der Waals surface area contributed by atoms with Crippen LogP contribution in [0.5, 0.6) is 0 Å². The first-order chi connectivity index (χ1) is 12.6. The Labute approximate surface area is 165 Å². The Morgan fingerprint density at radius 2 is 1.93 bits per heavy atom. The highest BCUT2D eigenvalue weighted by Gasteiger charge is 2.17. The highest BCUT2D eigenvalue weighted by Crippen LogP contribution is 2.33. The molecule has 1 aromatic heterocycles. The van der Waals surface area contributed by atoms with Crippen molar-refractivity contribution < 1.29 is 22.4 Å². The van der Waals surface area contributed by atoms with E-state index < -0.39 is 21.7 Å². The Bertz CT molecular complexity index is 973. The van der Waals surface area contributed by atoms with E-state index in [0.717, 1.165) is 18.4 Å². The molecule has 0 spiro atoms. The van der Waals surface area contributed by atoms with Gasteiger partial charge in [0.1, 0.15) is 11.0 Å². The Hall–Kier alpha value is -2.14. The Morgan fingerprint density at radius 1 is 1.22 bits per heavy atom. The maximum atomic E-state index is 13.9. The van der Waals surface area contributed by atoms with Crippen molar-refractivity contribution in [1.29, 1.82) is 0 Å². The number of benzene rings is 1. The van der Waals surface area contributed by atoms with Gasteiger partial charge in [0.15, 0.2) is 0 Å². The molecule has 0 atom stereocenters. The molecule has 0 saturated carbocycles. The quantitative estimate of drug-likeness (QED) is 0.453. The SMILES string of the molecule is CCONC(=O)c1cnc(Cl)cc1Nc1cc(F)c(Cl)cc1NS(C)(=O)=O. The Morgan fingerprint density at radius 3 is 2.56 bits per heavy atom. The summed E-state index contributed by atoms with van der Waals surface area (Å²) in [5, 5.41) is 2.53. The zero-order chi connectivity index (χ0) is 20.2. The number of aromatic nitrogens is 1. The lowest BCUT2D eigenvalue weighted by molar-refractivity contribution is 0.0365. The molecule has 12 heteroatoms. The van der Waals surface area contributed by atoms with Gasteiger partial charge in [-0.1, -0.05) is 23.2 Å². The summed E-state index contributed by atoms with van der Waals surface area (Å²) in [7, 11) is -3.68. The van der Waals surface area contributed by atoms with Crippen LogP contribution in [0.2, 0.25) is 10.2 Å².